The van der Waals surface area contributed by atoms with Crippen molar-refractivity contribution in [1.82, 2.24) is 48.6 Å². The summed E-state index contributed by atoms with van der Waals surface area (Å²) >= 11 is 0. The van der Waals surface area contributed by atoms with Crippen LogP contribution in [0.2, 0.25) is 0 Å². The Balaban J connectivity index is 1.10. The van der Waals surface area contributed by atoms with Crippen LogP contribution in [0.1, 0.15) is 44.4 Å². The number of fused-ring (bicyclic) bond motifs is 2. The zero-order valence-corrected chi connectivity index (χ0v) is 31.6. The topological polar surface area (TPSA) is 391 Å². The average molecular weight is 854 g/mol. The van der Waals surface area contributed by atoms with Crippen molar-refractivity contribution in [3.05, 3.63) is 48.1 Å². The fourth-order valence-corrected chi connectivity index (χ4v) is 8.56. The number of hydrogen-bond donors (Lipinski definition) is 8. The van der Waals surface area contributed by atoms with Gasteiger partial charge in [0.25, 0.3) is 0 Å². The second-order valence-corrected chi connectivity index (χ2v) is 16.1. The molecule has 3 fully saturated rings. The normalized spacial score (nSPS) is 28.5. The van der Waals surface area contributed by atoms with Gasteiger partial charge in [-0.05, 0) is 6.07 Å². The molecular weight excluding hydrogens is 816 g/mol. The Kier molecular flexibility index (Phi) is 10.8. The minimum Gasteiger partial charge on any atom is -0.390 e. The number of rotatable bonds is 13. The lowest BCUT2D eigenvalue weighted by molar-refractivity contribution is -0.150. The number of phosphoric ester groups is 2. The summed E-state index contributed by atoms with van der Waals surface area (Å²) in [6, 6.07) is 1.34. The van der Waals surface area contributed by atoms with Crippen LogP contribution in [-0.2, 0) is 37.1 Å². The Labute approximate surface area is 324 Å². The molecule has 5 aromatic rings. The van der Waals surface area contributed by atoms with E-state index in [0.29, 0.717) is 5.65 Å². The third kappa shape index (κ3) is 8.30. The van der Waals surface area contributed by atoms with Crippen molar-refractivity contribution < 1.29 is 61.8 Å². The lowest BCUT2D eigenvalue weighted by Gasteiger charge is -2.31. The van der Waals surface area contributed by atoms with Gasteiger partial charge in [-0.2, -0.15) is 4.98 Å². The number of nitrogens with two attached hydrogens (primary N) is 3. The van der Waals surface area contributed by atoms with Gasteiger partial charge in [-0.3, -0.25) is 22.7 Å². The van der Waals surface area contributed by atoms with Gasteiger partial charge in [0, 0.05) is 31.9 Å². The molecule has 5 aromatic heterocycles. The van der Waals surface area contributed by atoms with Crippen LogP contribution in [0.25, 0.3) is 22.3 Å². The highest BCUT2D eigenvalue weighted by Crippen LogP contribution is 2.47. The van der Waals surface area contributed by atoms with Crippen molar-refractivity contribution in [2.45, 2.75) is 87.1 Å². The van der Waals surface area contributed by atoms with E-state index in [4.69, 9.17) is 45.2 Å². The predicted molar refractivity (Wildman–Crippen MR) is 192 cm³/mol. The molecule has 11 N–H and O–H groups in total. The first-order valence-electron chi connectivity index (χ1n) is 17.5. The number of hydrogen-bond acceptors (Lipinski definition) is 20. The second-order valence-electron chi connectivity index (χ2n) is 13.7. The fraction of sp³-hybridized carbons (Fsp3) is 0.517. The van der Waals surface area contributed by atoms with Gasteiger partial charge in [0.15, 0.2) is 22.9 Å². The molecule has 3 aliphatic rings. The fourth-order valence-electron chi connectivity index (χ4n) is 7.41. The number of nitrogen functional groups attached to an aromatic ring is 3. The minimum atomic E-state index is -5.12. The minimum absolute atomic E-state index is 0.0163. The Morgan fingerprint density at radius 1 is 0.759 bits per heavy atom. The van der Waals surface area contributed by atoms with E-state index in [1.54, 1.807) is 4.57 Å². The number of aliphatic hydroxyl groups excluding tert-OH is 1. The van der Waals surface area contributed by atoms with Crippen LogP contribution < -0.4 is 22.9 Å². The maximum absolute atomic E-state index is 12.7. The molecule has 0 bridgehead atoms. The Hall–Kier alpha value is -4.60. The molecule has 0 radical (unpaired) electrons. The van der Waals surface area contributed by atoms with E-state index in [1.807, 2.05) is 0 Å². The molecule has 0 aliphatic carbocycles. The van der Waals surface area contributed by atoms with Gasteiger partial charge in [-0.1, -0.05) is 0 Å². The van der Waals surface area contributed by atoms with Crippen LogP contribution in [0.15, 0.2) is 42.4 Å². The first-order chi connectivity index (χ1) is 27.5. The Morgan fingerprint density at radius 3 is 1.86 bits per heavy atom. The third-order valence-corrected chi connectivity index (χ3v) is 11.0. The molecular formula is C29H37N13O14P2. The summed E-state index contributed by atoms with van der Waals surface area (Å²) < 4.78 is 63.7. The summed E-state index contributed by atoms with van der Waals surface area (Å²) in [5.41, 5.74) is 17.9. The van der Waals surface area contributed by atoms with Crippen molar-refractivity contribution in [3.8, 4) is 0 Å². The van der Waals surface area contributed by atoms with Gasteiger partial charge in [-0.15, -0.1) is 0 Å². The molecule has 0 aromatic carbocycles. The van der Waals surface area contributed by atoms with Gasteiger partial charge in [0.2, 0.25) is 0 Å². The smallest absolute Gasteiger partial charge is 0.390 e. The van der Waals surface area contributed by atoms with Gasteiger partial charge in [-0.25, -0.2) is 43.8 Å². The molecule has 3 saturated heterocycles. The standard InChI is InChI=1S/C29H37N13O14P2/c30-18-1-2-40(29(44)39-18)20-6-15(56-58(48,49)50)17(53-20)7-51-16(24-12(43)3-19(54-24)41-10-37-22-25(31)33-8-35-27(22)41)4-13-14(55-57(45,46)47)5-21(52-13)42-11-38-23-26(32)34-9-36-28(23)42/h1-2,8-17,19-21,24,43H,3-7H2,(H2,30,39,44)(H2,31,33,35)(H2,32,34,36)(H2,45,46,47)(H2,48,49,50)/t12-,13+,14-,15-,16?,17+,19+,20+,21+,24+/m0/s1. The number of imidazole rings is 2. The van der Waals surface area contributed by atoms with Gasteiger partial charge < -0.3 is 60.8 Å². The number of aromatic nitrogens is 10. The summed E-state index contributed by atoms with van der Waals surface area (Å²) in [5, 5.41) is 11.5. The largest absolute Gasteiger partial charge is 0.469 e. The molecule has 8 rings (SSSR count). The highest BCUT2D eigenvalue weighted by Gasteiger charge is 2.48. The van der Waals surface area contributed by atoms with Crippen molar-refractivity contribution in [3.63, 3.8) is 0 Å². The molecule has 8 heterocycles. The van der Waals surface area contributed by atoms with Crippen molar-refractivity contribution >= 4 is 55.4 Å². The lowest BCUT2D eigenvalue weighted by Crippen LogP contribution is -2.43. The van der Waals surface area contributed by atoms with Crippen LogP contribution in [-0.4, -0.2) is 123 Å². The number of nitrogens with zero attached hydrogens (tertiary/aromatic N) is 10. The van der Waals surface area contributed by atoms with E-state index in [0.717, 1.165) is 4.57 Å². The molecule has 1 unspecified atom stereocenters. The number of ether oxygens (including phenoxy) is 4. The van der Waals surface area contributed by atoms with Crippen LogP contribution in [0, 0.1) is 0 Å². The number of aliphatic hydroxyl groups is 1. The van der Waals surface area contributed by atoms with Gasteiger partial charge in [0.1, 0.15) is 72.6 Å². The Morgan fingerprint density at radius 2 is 1.29 bits per heavy atom. The first kappa shape index (κ1) is 40.2. The van der Waals surface area contributed by atoms with Crippen LogP contribution in [0.3, 0.4) is 0 Å². The predicted octanol–water partition coefficient (Wildman–Crippen LogP) is -1.38. The summed E-state index contributed by atoms with van der Waals surface area (Å²) in [6.45, 7) is -0.472. The summed E-state index contributed by atoms with van der Waals surface area (Å²) in [4.78, 5) is 80.5. The van der Waals surface area contributed by atoms with Gasteiger partial charge in [0.05, 0.1) is 37.6 Å². The average Bonchev–Trinajstić information content (AvgIpc) is 3.97. The molecule has 312 valence electrons. The summed E-state index contributed by atoms with van der Waals surface area (Å²) in [6.07, 6.45) is -5.66. The molecule has 0 saturated carbocycles. The number of anilines is 3. The first-order valence-corrected chi connectivity index (χ1v) is 20.5. The van der Waals surface area contributed by atoms with E-state index < -0.39 is 89.4 Å². The highest BCUT2D eigenvalue weighted by atomic mass is 31.2. The SMILES string of the molecule is Nc1ccn([C@H]2C[C@H](OP(=O)(O)O)[C@@H](COC(C[C@H]3O[C@@H](n4cnc5c(N)ncnc54)C[C@@H]3OP(=O)(O)O)[C@@H]3O[C@@H](n4cnc5c(N)ncnc54)C[C@@H]3O)O2)c(=O)n1. The van der Waals surface area contributed by atoms with Crippen LogP contribution >= 0.6 is 15.6 Å². The Bertz CT molecular complexity index is 2460. The van der Waals surface area contributed by atoms with E-state index in [2.05, 4.69) is 34.9 Å². The zero-order valence-electron chi connectivity index (χ0n) is 29.8. The molecule has 29 heteroatoms. The second kappa shape index (κ2) is 15.5. The van der Waals surface area contributed by atoms with E-state index >= 15 is 0 Å². The van der Waals surface area contributed by atoms with Crippen LogP contribution in [0.5, 0.6) is 0 Å². The quantitative estimate of drug-likeness (QED) is 0.0633. The highest BCUT2D eigenvalue weighted by molar-refractivity contribution is 7.46. The summed E-state index contributed by atoms with van der Waals surface area (Å²) in [5.74, 6) is 0.142. The summed E-state index contributed by atoms with van der Waals surface area (Å²) in [7, 11) is -10.2. The molecule has 0 spiro atoms. The molecule has 10 atom stereocenters. The molecule has 58 heavy (non-hydrogen) atoms. The van der Waals surface area contributed by atoms with Gasteiger partial charge >= 0.3 is 21.3 Å². The molecule has 3 aliphatic heterocycles. The third-order valence-electron chi connectivity index (χ3n) is 9.91. The maximum Gasteiger partial charge on any atom is 0.469 e. The van der Waals surface area contributed by atoms with Crippen molar-refractivity contribution in [1.29, 1.82) is 0 Å². The number of phosphoric acid groups is 2. The monoisotopic (exact) mass is 853 g/mol. The van der Waals surface area contributed by atoms with E-state index in [1.165, 1.54) is 42.1 Å². The van der Waals surface area contributed by atoms with Crippen LogP contribution in [0.4, 0.5) is 17.5 Å². The lowest BCUT2D eigenvalue weighted by atomic mass is 9.99. The molecule has 27 nitrogen and oxygen atoms in total. The zero-order chi connectivity index (χ0) is 41.1. The van der Waals surface area contributed by atoms with E-state index in [-0.39, 0.29) is 59.8 Å². The molecule has 0 amide bonds. The van der Waals surface area contributed by atoms with Crippen molar-refractivity contribution in [2.24, 2.45) is 0 Å². The van der Waals surface area contributed by atoms with E-state index in [9.17, 15) is 38.6 Å². The maximum atomic E-state index is 12.7. The van der Waals surface area contributed by atoms with Crippen molar-refractivity contribution in [2.75, 3.05) is 23.8 Å².